The van der Waals surface area contributed by atoms with Gasteiger partial charge in [0, 0.05) is 23.8 Å². The molecule has 3 rings (SSSR count). The Morgan fingerprint density at radius 3 is 2.29 bits per heavy atom. The van der Waals surface area contributed by atoms with Crippen molar-refractivity contribution < 1.29 is 14.3 Å². The van der Waals surface area contributed by atoms with Gasteiger partial charge in [0.2, 0.25) is 0 Å². The monoisotopic (exact) mass is 421 g/mol. The molecule has 31 heavy (non-hydrogen) atoms. The molecule has 1 fully saturated rings. The highest BCUT2D eigenvalue weighted by atomic mass is 16.5. The summed E-state index contributed by atoms with van der Waals surface area (Å²) in [6, 6.07) is 18.1. The zero-order valence-corrected chi connectivity index (χ0v) is 19.1. The molecular weight excluding hydrogens is 386 g/mol. The maximum atomic E-state index is 12.5. The van der Waals surface area contributed by atoms with Crippen LogP contribution in [0.3, 0.4) is 0 Å². The Hall–Kier alpha value is -2.72. The molecule has 0 heterocycles. The maximum Gasteiger partial charge on any atom is 0.151 e. The molecule has 2 aromatic carbocycles. The Bertz CT molecular complexity index is 858. The first-order chi connectivity index (χ1) is 14.8. The number of carbonyl (C=O) groups is 2. The van der Waals surface area contributed by atoms with Crippen molar-refractivity contribution in [3.63, 3.8) is 0 Å². The van der Waals surface area contributed by atoms with Gasteiger partial charge in [-0.1, -0.05) is 63.2 Å². The highest BCUT2D eigenvalue weighted by Gasteiger charge is 2.37. The van der Waals surface area contributed by atoms with Crippen LogP contribution in [0, 0.1) is 5.41 Å². The number of ketones is 2. The number of hydrogen-bond acceptors (Lipinski definition) is 4. The van der Waals surface area contributed by atoms with Gasteiger partial charge in [-0.05, 0) is 36.1 Å². The van der Waals surface area contributed by atoms with Crippen LogP contribution in [-0.4, -0.2) is 18.1 Å². The van der Waals surface area contributed by atoms with Crippen molar-refractivity contribution in [3.8, 4) is 5.75 Å². The van der Waals surface area contributed by atoms with E-state index in [2.05, 4.69) is 24.5 Å². The number of rotatable bonds is 7. The zero-order valence-electron chi connectivity index (χ0n) is 19.1. The Balaban J connectivity index is 0.00000166. The third-order valence-electron chi connectivity index (χ3n) is 5.72. The Kier molecular flexibility index (Phi) is 8.76. The highest BCUT2D eigenvalue weighted by Crippen LogP contribution is 2.37. The molecule has 2 aromatic rings. The minimum absolute atomic E-state index is 0.172. The van der Waals surface area contributed by atoms with Gasteiger partial charge in [0.15, 0.2) is 5.78 Å². The van der Waals surface area contributed by atoms with Crippen LogP contribution in [0.5, 0.6) is 5.75 Å². The van der Waals surface area contributed by atoms with E-state index in [9.17, 15) is 9.59 Å². The first kappa shape index (κ1) is 24.5. The second kappa shape index (κ2) is 11.1. The van der Waals surface area contributed by atoms with E-state index >= 15 is 0 Å². The molecule has 166 valence electrons. The summed E-state index contributed by atoms with van der Waals surface area (Å²) in [5.41, 5.74) is 1.43. The first-order valence-electron chi connectivity index (χ1n) is 10.9. The van der Waals surface area contributed by atoms with Crippen LogP contribution in [-0.2, 0) is 21.7 Å². The van der Waals surface area contributed by atoms with Crippen LogP contribution in [0.1, 0.15) is 57.6 Å². The van der Waals surface area contributed by atoms with Crippen molar-refractivity contribution in [2.24, 2.45) is 5.41 Å². The van der Waals surface area contributed by atoms with Crippen LogP contribution >= 0.6 is 0 Å². The summed E-state index contributed by atoms with van der Waals surface area (Å²) in [4.78, 5) is 24.4. The lowest BCUT2D eigenvalue weighted by Crippen LogP contribution is -2.48. The summed E-state index contributed by atoms with van der Waals surface area (Å²) in [5.74, 6) is 1.26. The lowest BCUT2D eigenvalue weighted by molar-refractivity contribution is -0.126. The van der Waals surface area contributed by atoms with Gasteiger partial charge in [0.1, 0.15) is 18.1 Å². The number of hydrogen-bond donors (Lipinski definition) is 1. The van der Waals surface area contributed by atoms with Crippen LogP contribution in [0.25, 0.3) is 0 Å². The molecule has 0 spiro atoms. The molecule has 4 nitrogen and oxygen atoms in total. The van der Waals surface area contributed by atoms with Crippen LogP contribution in [0.2, 0.25) is 0 Å². The zero-order chi connectivity index (χ0) is 22.9. The normalized spacial score (nSPS) is 15.5. The Morgan fingerprint density at radius 2 is 1.68 bits per heavy atom. The minimum atomic E-state index is -0.390. The molecule has 0 atom stereocenters. The van der Waals surface area contributed by atoms with E-state index in [1.54, 1.807) is 0 Å². The number of Topliss-reactive ketones (excluding diaryl/α,β-unsaturated/α-hetero) is 2. The summed E-state index contributed by atoms with van der Waals surface area (Å²) in [6.45, 7) is 12.6. The molecule has 1 saturated carbocycles. The highest BCUT2D eigenvalue weighted by molar-refractivity contribution is 5.85. The van der Waals surface area contributed by atoms with E-state index in [-0.39, 0.29) is 16.7 Å². The van der Waals surface area contributed by atoms with Crippen LogP contribution in [0.15, 0.2) is 67.8 Å². The summed E-state index contributed by atoms with van der Waals surface area (Å²) < 4.78 is 6.01. The fourth-order valence-corrected chi connectivity index (χ4v) is 3.66. The molecule has 1 aliphatic carbocycles. The van der Waals surface area contributed by atoms with Crippen LogP contribution < -0.4 is 10.1 Å². The van der Waals surface area contributed by atoms with E-state index < -0.39 is 0 Å². The molecular formula is C27H35NO3. The summed E-state index contributed by atoms with van der Waals surface area (Å²) in [6.07, 6.45) is 2.47. The van der Waals surface area contributed by atoms with Crippen LogP contribution in [0.4, 0.5) is 0 Å². The average Bonchev–Trinajstić information content (AvgIpc) is 2.79. The molecule has 0 bridgehead atoms. The van der Waals surface area contributed by atoms with Gasteiger partial charge in [-0.2, -0.15) is 0 Å². The summed E-state index contributed by atoms with van der Waals surface area (Å²) >= 11 is 0. The topological polar surface area (TPSA) is 55.4 Å². The van der Waals surface area contributed by atoms with Gasteiger partial charge >= 0.3 is 0 Å². The van der Waals surface area contributed by atoms with Crippen molar-refractivity contribution in [2.75, 3.05) is 6.54 Å². The lowest BCUT2D eigenvalue weighted by Gasteiger charge is -2.39. The van der Waals surface area contributed by atoms with E-state index in [4.69, 9.17) is 4.74 Å². The summed E-state index contributed by atoms with van der Waals surface area (Å²) in [7, 11) is 0. The van der Waals surface area contributed by atoms with Crippen molar-refractivity contribution >= 4 is 11.6 Å². The molecule has 0 aromatic heterocycles. The van der Waals surface area contributed by atoms with Gasteiger partial charge in [-0.3, -0.25) is 9.59 Å². The van der Waals surface area contributed by atoms with Gasteiger partial charge in [0.25, 0.3) is 0 Å². The molecule has 0 radical (unpaired) electrons. The average molecular weight is 422 g/mol. The quantitative estimate of drug-likeness (QED) is 0.590. The molecule has 1 aliphatic rings. The van der Waals surface area contributed by atoms with Crippen molar-refractivity contribution in [2.45, 2.75) is 58.6 Å². The lowest BCUT2D eigenvalue weighted by atomic mass is 9.75. The van der Waals surface area contributed by atoms with E-state index in [0.29, 0.717) is 44.6 Å². The molecule has 0 saturated heterocycles. The third kappa shape index (κ3) is 6.90. The van der Waals surface area contributed by atoms with Crippen molar-refractivity contribution in [1.29, 1.82) is 0 Å². The first-order valence-corrected chi connectivity index (χ1v) is 10.9. The Labute approximate surface area is 186 Å². The second-order valence-corrected chi connectivity index (χ2v) is 8.95. The second-order valence-electron chi connectivity index (χ2n) is 8.95. The maximum absolute atomic E-state index is 12.5. The number of benzene rings is 2. The van der Waals surface area contributed by atoms with E-state index in [1.165, 1.54) is 0 Å². The molecule has 4 heteroatoms. The van der Waals surface area contributed by atoms with Gasteiger partial charge in [-0.25, -0.2) is 0 Å². The van der Waals surface area contributed by atoms with E-state index in [1.807, 2.05) is 69.3 Å². The smallest absolute Gasteiger partial charge is 0.151 e. The molecule has 0 aliphatic heterocycles. The standard InChI is InChI=1S/C25H31NO3.C2H4/c1-24(2,3)23(28)17-26-25(14-12-21(27)13-15-25)20-10-7-11-22(16-20)29-18-19-8-5-4-6-9-19;1-2/h4-11,16,26H,12-15,17-18H2,1-3H3;1-2H2. The van der Waals surface area contributed by atoms with Gasteiger partial charge < -0.3 is 10.1 Å². The van der Waals surface area contributed by atoms with Crippen molar-refractivity contribution in [3.05, 3.63) is 78.9 Å². The minimum Gasteiger partial charge on any atom is -0.489 e. The number of carbonyl (C=O) groups excluding carboxylic acids is 2. The third-order valence-corrected chi connectivity index (χ3v) is 5.72. The molecule has 0 amide bonds. The molecule has 0 unspecified atom stereocenters. The number of ether oxygens (including phenoxy) is 1. The van der Waals surface area contributed by atoms with Crippen molar-refractivity contribution in [1.82, 2.24) is 5.32 Å². The van der Waals surface area contributed by atoms with Gasteiger partial charge in [0.05, 0.1) is 6.54 Å². The fourth-order valence-electron chi connectivity index (χ4n) is 3.66. The SMILES string of the molecule is C=C.CC(C)(C)C(=O)CNC1(c2cccc(OCc3ccccc3)c2)CCC(=O)CC1. The fraction of sp³-hybridized carbons (Fsp3) is 0.407. The number of nitrogens with one attached hydrogen (secondary N) is 1. The van der Waals surface area contributed by atoms with E-state index in [0.717, 1.165) is 16.9 Å². The predicted octanol–water partition coefficient (Wildman–Crippen LogP) is 5.61. The Morgan fingerprint density at radius 1 is 1.03 bits per heavy atom. The summed E-state index contributed by atoms with van der Waals surface area (Å²) in [5, 5.41) is 3.52. The molecule has 1 N–H and O–H groups in total. The largest absolute Gasteiger partial charge is 0.489 e. The predicted molar refractivity (Wildman–Crippen MR) is 126 cm³/mol. The van der Waals surface area contributed by atoms with Gasteiger partial charge in [-0.15, -0.1) is 13.2 Å².